The SMILES string of the molecule is CN1C(=O)C(=Cc2ccc(C(=O)N(CCO)c3ccccc3)cc2)SC1=S. The molecular formula is C20H18N2O3S2. The Morgan fingerprint density at radius 1 is 1.19 bits per heavy atom. The molecule has 5 nitrogen and oxygen atoms in total. The van der Waals surface area contributed by atoms with E-state index in [-0.39, 0.29) is 25.0 Å². The lowest BCUT2D eigenvalue weighted by Crippen LogP contribution is -2.33. The summed E-state index contributed by atoms with van der Waals surface area (Å²) in [6.07, 6.45) is 1.76. The average molecular weight is 399 g/mol. The number of carbonyl (C=O) groups excluding carboxylic acids is 2. The van der Waals surface area contributed by atoms with Crippen LogP contribution in [0.1, 0.15) is 15.9 Å². The van der Waals surface area contributed by atoms with Crippen molar-refractivity contribution in [1.29, 1.82) is 0 Å². The van der Waals surface area contributed by atoms with E-state index in [1.165, 1.54) is 21.6 Å². The van der Waals surface area contributed by atoms with Gasteiger partial charge in [-0.3, -0.25) is 14.5 Å². The van der Waals surface area contributed by atoms with Crippen molar-refractivity contribution in [2.75, 3.05) is 25.1 Å². The zero-order chi connectivity index (χ0) is 19.4. The Labute approximate surface area is 167 Å². The second kappa shape index (κ2) is 8.47. The zero-order valence-corrected chi connectivity index (χ0v) is 16.3. The lowest BCUT2D eigenvalue weighted by atomic mass is 10.1. The van der Waals surface area contributed by atoms with Crippen molar-refractivity contribution in [3.8, 4) is 0 Å². The third-order valence-corrected chi connectivity index (χ3v) is 5.56. The van der Waals surface area contributed by atoms with Gasteiger partial charge in [-0.15, -0.1) is 0 Å². The lowest BCUT2D eigenvalue weighted by Gasteiger charge is -2.22. The molecule has 0 saturated carbocycles. The van der Waals surface area contributed by atoms with Gasteiger partial charge < -0.3 is 10.0 Å². The van der Waals surface area contributed by atoms with Crippen molar-refractivity contribution in [2.24, 2.45) is 0 Å². The van der Waals surface area contributed by atoms with Crippen LogP contribution < -0.4 is 4.90 Å². The summed E-state index contributed by atoms with van der Waals surface area (Å²) in [5, 5.41) is 9.31. The molecule has 27 heavy (non-hydrogen) atoms. The standard InChI is InChI=1S/C20H18N2O3S2/c1-21-19(25)17(27-20(21)26)13-14-7-9-15(10-8-14)18(24)22(11-12-23)16-5-3-2-4-6-16/h2-10,13,23H,11-12H2,1H3. The van der Waals surface area contributed by atoms with E-state index in [0.29, 0.717) is 14.8 Å². The Balaban J connectivity index is 1.81. The van der Waals surface area contributed by atoms with Gasteiger partial charge in [0.25, 0.3) is 11.8 Å². The normalized spacial score (nSPS) is 15.5. The van der Waals surface area contributed by atoms with Gasteiger partial charge >= 0.3 is 0 Å². The van der Waals surface area contributed by atoms with Crippen LogP contribution >= 0.6 is 24.0 Å². The average Bonchev–Trinajstić information content (AvgIpc) is 2.93. The van der Waals surface area contributed by atoms with E-state index in [9.17, 15) is 14.7 Å². The summed E-state index contributed by atoms with van der Waals surface area (Å²) >= 11 is 6.39. The van der Waals surface area contributed by atoms with Crippen LogP contribution in [-0.4, -0.2) is 46.3 Å². The minimum Gasteiger partial charge on any atom is -0.395 e. The van der Waals surface area contributed by atoms with Gasteiger partial charge in [0, 0.05) is 24.8 Å². The van der Waals surface area contributed by atoms with Crippen molar-refractivity contribution >= 4 is 51.9 Å². The molecule has 0 bridgehead atoms. The molecule has 0 aromatic heterocycles. The van der Waals surface area contributed by atoms with Gasteiger partial charge in [0.05, 0.1) is 11.5 Å². The van der Waals surface area contributed by atoms with E-state index >= 15 is 0 Å². The highest BCUT2D eigenvalue weighted by atomic mass is 32.2. The van der Waals surface area contributed by atoms with Gasteiger partial charge in [-0.05, 0) is 35.9 Å². The van der Waals surface area contributed by atoms with Crippen molar-refractivity contribution in [1.82, 2.24) is 4.90 Å². The maximum atomic E-state index is 12.8. The second-order valence-electron chi connectivity index (χ2n) is 5.88. The first kappa shape index (κ1) is 19.3. The number of benzene rings is 2. The van der Waals surface area contributed by atoms with Crippen LogP contribution in [0.5, 0.6) is 0 Å². The number of rotatable bonds is 5. The van der Waals surface area contributed by atoms with Gasteiger partial charge in [-0.2, -0.15) is 0 Å². The molecule has 1 fully saturated rings. The Morgan fingerprint density at radius 2 is 1.85 bits per heavy atom. The summed E-state index contributed by atoms with van der Waals surface area (Å²) in [5.74, 6) is -0.315. The number of nitrogens with zero attached hydrogens (tertiary/aromatic N) is 2. The Hall–Kier alpha value is -2.48. The lowest BCUT2D eigenvalue weighted by molar-refractivity contribution is -0.121. The van der Waals surface area contributed by atoms with Crippen molar-refractivity contribution < 1.29 is 14.7 Å². The van der Waals surface area contributed by atoms with Gasteiger partial charge in [0.15, 0.2) is 0 Å². The molecule has 2 aromatic carbocycles. The number of para-hydroxylation sites is 1. The first-order valence-electron chi connectivity index (χ1n) is 8.30. The molecule has 0 unspecified atom stereocenters. The Bertz CT molecular complexity index is 895. The summed E-state index contributed by atoms with van der Waals surface area (Å²) < 4.78 is 0.528. The first-order valence-corrected chi connectivity index (χ1v) is 9.53. The molecule has 2 amide bonds. The van der Waals surface area contributed by atoms with Gasteiger partial charge in [0.2, 0.25) is 0 Å². The minimum absolute atomic E-state index is 0.122. The topological polar surface area (TPSA) is 60.9 Å². The monoisotopic (exact) mass is 398 g/mol. The summed E-state index contributed by atoms with van der Waals surface area (Å²) in [7, 11) is 1.65. The van der Waals surface area contributed by atoms with Crippen LogP contribution in [-0.2, 0) is 4.79 Å². The third-order valence-electron chi connectivity index (χ3n) is 4.08. The van der Waals surface area contributed by atoms with Crippen molar-refractivity contribution in [2.45, 2.75) is 0 Å². The number of aliphatic hydroxyl groups excluding tert-OH is 1. The Morgan fingerprint density at radius 3 is 2.41 bits per heavy atom. The molecule has 0 spiro atoms. The van der Waals surface area contributed by atoms with E-state index in [1.54, 1.807) is 37.4 Å². The fraction of sp³-hybridized carbons (Fsp3) is 0.150. The number of hydrogen-bond donors (Lipinski definition) is 1. The molecule has 138 valence electrons. The summed E-state index contributed by atoms with van der Waals surface area (Å²) in [6, 6.07) is 16.2. The second-order valence-corrected chi connectivity index (χ2v) is 7.55. The number of likely N-dealkylation sites (N-methyl/N-ethyl adjacent to an activating group) is 1. The molecule has 3 rings (SSSR count). The number of amides is 2. The molecule has 2 aromatic rings. The van der Waals surface area contributed by atoms with E-state index < -0.39 is 0 Å². The van der Waals surface area contributed by atoms with Crippen molar-refractivity contribution in [3.05, 3.63) is 70.6 Å². The number of hydrogen-bond acceptors (Lipinski definition) is 5. The molecule has 7 heteroatoms. The van der Waals surface area contributed by atoms with E-state index in [1.807, 2.05) is 30.3 Å². The van der Waals surface area contributed by atoms with Crippen LogP contribution in [0.4, 0.5) is 5.69 Å². The molecular weight excluding hydrogens is 380 g/mol. The fourth-order valence-electron chi connectivity index (χ4n) is 2.63. The maximum absolute atomic E-state index is 12.8. The molecule has 0 atom stereocenters. The molecule has 0 radical (unpaired) electrons. The van der Waals surface area contributed by atoms with E-state index in [4.69, 9.17) is 12.2 Å². The van der Waals surface area contributed by atoms with Crippen LogP contribution in [0.15, 0.2) is 59.5 Å². The molecule has 1 aliphatic heterocycles. The van der Waals surface area contributed by atoms with E-state index in [2.05, 4.69) is 0 Å². The fourth-order valence-corrected chi connectivity index (χ4v) is 3.81. The molecule has 1 aliphatic rings. The summed E-state index contributed by atoms with van der Waals surface area (Å²) in [6.45, 7) is 0.0845. The van der Waals surface area contributed by atoms with E-state index in [0.717, 1.165) is 11.3 Å². The number of carbonyl (C=O) groups is 2. The molecule has 0 aliphatic carbocycles. The quantitative estimate of drug-likeness (QED) is 0.619. The highest BCUT2D eigenvalue weighted by Gasteiger charge is 2.28. The molecule has 1 N–H and O–H groups in total. The summed E-state index contributed by atoms with van der Waals surface area (Å²) in [4.78, 5) is 28.5. The van der Waals surface area contributed by atoms with Crippen LogP contribution in [0.25, 0.3) is 6.08 Å². The van der Waals surface area contributed by atoms with Gasteiger partial charge in [0.1, 0.15) is 4.32 Å². The van der Waals surface area contributed by atoms with Gasteiger partial charge in [-0.25, -0.2) is 0 Å². The maximum Gasteiger partial charge on any atom is 0.265 e. The predicted molar refractivity (Wildman–Crippen MR) is 113 cm³/mol. The summed E-state index contributed by atoms with van der Waals surface area (Å²) in [5.41, 5.74) is 2.05. The number of thiocarbonyl (C=S) groups is 1. The third kappa shape index (κ3) is 4.27. The Kier molecular flexibility index (Phi) is 6.05. The van der Waals surface area contributed by atoms with Crippen molar-refractivity contribution in [3.63, 3.8) is 0 Å². The number of anilines is 1. The zero-order valence-electron chi connectivity index (χ0n) is 14.7. The minimum atomic E-state index is -0.193. The van der Waals surface area contributed by atoms with Crippen LogP contribution in [0.2, 0.25) is 0 Å². The number of thioether (sulfide) groups is 1. The smallest absolute Gasteiger partial charge is 0.265 e. The largest absolute Gasteiger partial charge is 0.395 e. The van der Waals surface area contributed by atoms with Crippen LogP contribution in [0.3, 0.4) is 0 Å². The van der Waals surface area contributed by atoms with Gasteiger partial charge in [-0.1, -0.05) is 54.3 Å². The highest BCUT2D eigenvalue weighted by molar-refractivity contribution is 8.26. The predicted octanol–water partition coefficient (Wildman–Crippen LogP) is 3.16. The molecule has 1 heterocycles. The number of aliphatic hydroxyl groups is 1. The van der Waals surface area contributed by atoms with Crippen LogP contribution in [0, 0.1) is 0 Å². The first-order chi connectivity index (χ1) is 13.0. The highest BCUT2D eigenvalue weighted by Crippen LogP contribution is 2.31. The molecule has 1 saturated heterocycles.